The molecule has 0 saturated carbocycles. The Kier molecular flexibility index (Phi) is 5.71. The second-order valence-corrected chi connectivity index (χ2v) is 6.75. The van der Waals surface area contributed by atoms with Crippen molar-refractivity contribution in [3.05, 3.63) is 58.6 Å². The molecule has 140 valence electrons. The summed E-state index contributed by atoms with van der Waals surface area (Å²) in [6, 6.07) is 10.3. The van der Waals surface area contributed by atoms with Gasteiger partial charge in [0.25, 0.3) is 0 Å². The molecule has 2 aromatic carbocycles. The van der Waals surface area contributed by atoms with E-state index in [-0.39, 0.29) is 21.9 Å². The fourth-order valence-electron chi connectivity index (χ4n) is 2.22. The highest BCUT2D eigenvalue weighted by molar-refractivity contribution is 6.33. The number of rotatable bonds is 4. The topological polar surface area (TPSA) is 44.8 Å². The molecule has 0 aliphatic heterocycles. The summed E-state index contributed by atoms with van der Waals surface area (Å²) in [5.41, 5.74) is -0.244. The standard InChI is InChI=1S/C18H16ClF3O4/c1-17(2,3)14-12(9-10-13(15(14)19)24-18(20,21)22)25-26-16(23)11-7-5-4-6-8-11/h4-10H,1-3H3. The van der Waals surface area contributed by atoms with E-state index in [1.54, 1.807) is 39.0 Å². The third-order valence-corrected chi connectivity index (χ3v) is 3.64. The molecular weight excluding hydrogens is 373 g/mol. The highest BCUT2D eigenvalue weighted by Gasteiger charge is 2.34. The van der Waals surface area contributed by atoms with Gasteiger partial charge >= 0.3 is 12.3 Å². The van der Waals surface area contributed by atoms with E-state index >= 15 is 0 Å². The van der Waals surface area contributed by atoms with Gasteiger partial charge in [0, 0.05) is 5.56 Å². The molecule has 0 bridgehead atoms. The van der Waals surface area contributed by atoms with Gasteiger partial charge in [0.2, 0.25) is 0 Å². The largest absolute Gasteiger partial charge is 0.573 e. The van der Waals surface area contributed by atoms with Gasteiger partial charge in [0.1, 0.15) is 5.75 Å². The van der Waals surface area contributed by atoms with Crippen molar-refractivity contribution >= 4 is 17.6 Å². The highest BCUT2D eigenvalue weighted by atomic mass is 35.5. The zero-order valence-corrected chi connectivity index (χ0v) is 14.9. The van der Waals surface area contributed by atoms with Crippen LogP contribution < -0.4 is 9.62 Å². The fourth-order valence-corrected chi connectivity index (χ4v) is 2.69. The van der Waals surface area contributed by atoms with Crippen LogP contribution in [0.2, 0.25) is 5.02 Å². The molecule has 0 saturated heterocycles. The Morgan fingerprint density at radius 2 is 1.54 bits per heavy atom. The van der Waals surface area contributed by atoms with Crippen LogP contribution in [0.5, 0.6) is 11.5 Å². The first-order chi connectivity index (χ1) is 12.0. The molecule has 8 heteroatoms. The van der Waals surface area contributed by atoms with Crippen LogP contribution in [-0.2, 0) is 10.3 Å². The van der Waals surface area contributed by atoms with Gasteiger partial charge < -0.3 is 4.74 Å². The van der Waals surface area contributed by atoms with Crippen molar-refractivity contribution in [2.24, 2.45) is 0 Å². The minimum Gasteiger partial charge on any atom is -0.404 e. The first-order valence-electron chi connectivity index (χ1n) is 7.51. The van der Waals surface area contributed by atoms with Crippen molar-refractivity contribution < 1.29 is 32.5 Å². The summed E-state index contributed by atoms with van der Waals surface area (Å²) in [6.45, 7) is 5.16. The molecule has 4 nitrogen and oxygen atoms in total. The Labute approximate surface area is 153 Å². The average molecular weight is 389 g/mol. The minimum atomic E-state index is -4.89. The van der Waals surface area contributed by atoms with Gasteiger partial charge in [0.05, 0.1) is 10.6 Å². The number of hydrogen-bond donors (Lipinski definition) is 0. The molecule has 0 unspecified atom stereocenters. The van der Waals surface area contributed by atoms with Crippen LogP contribution in [-0.4, -0.2) is 12.3 Å². The Balaban J connectivity index is 2.30. The van der Waals surface area contributed by atoms with E-state index in [0.717, 1.165) is 6.07 Å². The maximum absolute atomic E-state index is 12.5. The van der Waals surface area contributed by atoms with Crippen LogP contribution in [0.25, 0.3) is 0 Å². The van der Waals surface area contributed by atoms with Crippen molar-refractivity contribution in [3.8, 4) is 11.5 Å². The number of ether oxygens (including phenoxy) is 1. The van der Waals surface area contributed by atoms with Crippen molar-refractivity contribution in [3.63, 3.8) is 0 Å². The molecule has 0 amide bonds. The Hall–Kier alpha value is -2.41. The number of hydrogen-bond acceptors (Lipinski definition) is 4. The van der Waals surface area contributed by atoms with Crippen LogP contribution in [0.1, 0.15) is 36.7 Å². The lowest BCUT2D eigenvalue weighted by molar-refractivity contribution is -0.274. The Morgan fingerprint density at radius 1 is 0.962 bits per heavy atom. The first-order valence-corrected chi connectivity index (χ1v) is 7.89. The minimum absolute atomic E-state index is 0.0151. The molecule has 0 radical (unpaired) electrons. The SMILES string of the molecule is CC(C)(C)c1c(OOC(=O)c2ccccc2)ccc(OC(F)(F)F)c1Cl. The lowest BCUT2D eigenvalue weighted by Crippen LogP contribution is -2.20. The molecule has 0 heterocycles. The predicted molar refractivity (Wildman–Crippen MR) is 89.3 cm³/mol. The molecule has 0 aliphatic rings. The molecule has 0 aliphatic carbocycles. The summed E-state index contributed by atoms with van der Waals surface area (Å²) < 4.78 is 41.5. The van der Waals surface area contributed by atoms with Crippen molar-refractivity contribution in [1.29, 1.82) is 0 Å². The first kappa shape index (κ1) is 19.9. The van der Waals surface area contributed by atoms with E-state index in [1.807, 2.05) is 0 Å². The molecular formula is C18H16ClF3O4. The number of alkyl halides is 3. The maximum atomic E-state index is 12.5. The number of halogens is 4. The molecule has 0 spiro atoms. The predicted octanol–water partition coefficient (Wildman–Crippen LogP) is 5.69. The van der Waals surface area contributed by atoms with Gasteiger partial charge in [-0.1, -0.05) is 50.6 Å². The van der Waals surface area contributed by atoms with Crippen molar-refractivity contribution in [2.75, 3.05) is 0 Å². The maximum Gasteiger partial charge on any atom is 0.573 e. The van der Waals surface area contributed by atoms with Crippen molar-refractivity contribution in [1.82, 2.24) is 0 Å². The summed E-state index contributed by atoms with van der Waals surface area (Å²) in [7, 11) is 0. The fraction of sp³-hybridized carbons (Fsp3) is 0.278. The number of carbonyl (C=O) groups is 1. The van der Waals surface area contributed by atoms with Gasteiger partial charge in [-0.25, -0.2) is 9.68 Å². The van der Waals surface area contributed by atoms with Gasteiger partial charge in [-0.2, -0.15) is 0 Å². The van der Waals surface area contributed by atoms with E-state index < -0.39 is 23.5 Å². The molecule has 2 rings (SSSR count). The zero-order valence-electron chi connectivity index (χ0n) is 14.2. The van der Waals surface area contributed by atoms with E-state index in [1.165, 1.54) is 18.2 Å². The zero-order chi connectivity index (χ0) is 19.5. The summed E-state index contributed by atoms with van der Waals surface area (Å²) >= 11 is 6.09. The summed E-state index contributed by atoms with van der Waals surface area (Å²) in [4.78, 5) is 21.8. The van der Waals surface area contributed by atoms with Gasteiger partial charge in [-0.05, 0) is 29.7 Å². The molecule has 0 N–H and O–H groups in total. The Bertz CT molecular complexity index is 784. The van der Waals surface area contributed by atoms with Crippen molar-refractivity contribution in [2.45, 2.75) is 32.5 Å². The number of carbonyl (C=O) groups excluding carboxylic acids is 1. The van der Waals surface area contributed by atoms with Gasteiger partial charge in [0.15, 0.2) is 5.75 Å². The average Bonchev–Trinajstić information content (AvgIpc) is 2.53. The van der Waals surface area contributed by atoms with Crippen LogP contribution >= 0.6 is 11.6 Å². The highest BCUT2D eigenvalue weighted by Crippen LogP contribution is 2.43. The summed E-state index contributed by atoms with van der Waals surface area (Å²) in [5.74, 6) is -1.30. The normalized spacial score (nSPS) is 11.8. The monoisotopic (exact) mass is 388 g/mol. The third kappa shape index (κ3) is 5.05. The van der Waals surface area contributed by atoms with E-state index in [0.29, 0.717) is 0 Å². The van der Waals surface area contributed by atoms with Gasteiger partial charge in [-0.15, -0.1) is 13.2 Å². The van der Waals surface area contributed by atoms with Crippen LogP contribution in [0.15, 0.2) is 42.5 Å². The Morgan fingerprint density at radius 3 is 2.08 bits per heavy atom. The quantitative estimate of drug-likeness (QED) is 0.498. The van der Waals surface area contributed by atoms with Crippen LogP contribution in [0.4, 0.5) is 13.2 Å². The van der Waals surface area contributed by atoms with Crippen LogP contribution in [0.3, 0.4) is 0 Å². The molecule has 0 aromatic heterocycles. The van der Waals surface area contributed by atoms with Crippen LogP contribution in [0, 0.1) is 0 Å². The van der Waals surface area contributed by atoms with E-state index in [9.17, 15) is 18.0 Å². The molecule has 0 fully saturated rings. The lowest BCUT2D eigenvalue weighted by Gasteiger charge is -2.24. The second kappa shape index (κ2) is 7.45. The number of benzene rings is 2. The molecule has 0 atom stereocenters. The molecule has 2 aromatic rings. The summed E-state index contributed by atoms with van der Waals surface area (Å²) in [5, 5.41) is -0.275. The molecule has 26 heavy (non-hydrogen) atoms. The lowest BCUT2D eigenvalue weighted by atomic mass is 9.86. The smallest absolute Gasteiger partial charge is 0.404 e. The third-order valence-electron chi connectivity index (χ3n) is 3.26. The second-order valence-electron chi connectivity index (χ2n) is 6.37. The van der Waals surface area contributed by atoms with Gasteiger partial charge in [-0.3, -0.25) is 4.89 Å². The van der Waals surface area contributed by atoms with E-state index in [4.69, 9.17) is 21.4 Å². The summed E-state index contributed by atoms with van der Waals surface area (Å²) in [6.07, 6.45) is -4.89. The van der Waals surface area contributed by atoms with E-state index in [2.05, 4.69) is 4.74 Å².